The first-order valence-corrected chi connectivity index (χ1v) is 17.4. The Bertz CT molecular complexity index is 594. The SMILES string of the molecule is C=CC(F)(F)C(CC)(CCC(=O)C(F)(F)C(CC)(CC)O[Si](C)(C)C)O[Si](C)(C)C. The van der Waals surface area contributed by atoms with E-state index in [9.17, 15) is 13.6 Å². The number of rotatable bonds is 14. The second kappa shape index (κ2) is 9.96. The van der Waals surface area contributed by atoms with Gasteiger partial charge in [0, 0.05) is 6.42 Å². The third kappa shape index (κ3) is 6.74. The van der Waals surface area contributed by atoms with Crippen LogP contribution < -0.4 is 0 Å². The average Bonchev–Trinajstić information content (AvgIpc) is 2.60. The van der Waals surface area contributed by atoms with E-state index in [1.807, 2.05) is 0 Å². The smallest absolute Gasteiger partial charge is 0.332 e. The minimum absolute atomic E-state index is 0.0559. The van der Waals surface area contributed by atoms with Gasteiger partial charge in [-0.05, 0) is 71.0 Å². The number of ketones is 1. The van der Waals surface area contributed by atoms with Crippen LogP contribution in [0.25, 0.3) is 0 Å². The van der Waals surface area contributed by atoms with Crippen LogP contribution in [0.2, 0.25) is 39.3 Å². The summed E-state index contributed by atoms with van der Waals surface area (Å²) in [6.07, 6.45) is -1.01. The van der Waals surface area contributed by atoms with E-state index in [0.717, 1.165) is 0 Å². The molecule has 0 aromatic carbocycles. The highest BCUT2D eigenvalue weighted by Gasteiger charge is 2.60. The molecule has 178 valence electrons. The molecule has 0 amide bonds. The third-order valence-corrected chi connectivity index (χ3v) is 7.26. The van der Waals surface area contributed by atoms with Crippen LogP contribution in [0.4, 0.5) is 17.6 Å². The summed E-state index contributed by atoms with van der Waals surface area (Å²) in [4.78, 5) is 12.7. The van der Waals surface area contributed by atoms with E-state index in [0.29, 0.717) is 6.08 Å². The van der Waals surface area contributed by atoms with Crippen molar-refractivity contribution in [3.8, 4) is 0 Å². The molecule has 0 heterocycles. The van der Waals surface area contributed by atoms with Crippen molar-refractivity contribution in [1.29, 1.82) is 0 Å². The highest BCUT2D eigenvalue weighted by Crippen LogP contribution is 2.45. The van der Waals surface area contributed by atoms with Crippen LogP contribution in [-0.4, -0.2) is 45.5 Å². The normalized spacial score (nSPS) is 16.3. The van der Waals surface area contributed by atoms with Crippen molar-refractivity contribution in [2.45, 2.75) is 115 Å². The first-order chi connectivity index (χ1) is 13.3. The molecule has 0 aliphatic carbocycles. The number of hydrogen-bond acceptors (Lipinski definition) is 3. The van der Waals surface area contributed by atoms with Crippen LogP contribution >= 0.6 is 0 Å². The fraction of sp³-hybridized carbons (Fsp3) is 0.857. The molecule has 1 atom stereocenters. The summed E-state index contributed by atoms with van der Waals surface area (Å²) in [5, 5.41) is 0. The fourth-order valence-corrected chi connectivity index (χ4v) is 6.90. The summed E-state index contributed by atoms with van der Waals surface area (Å²) in [5.41, 5.74) is -3.99. The van der Waals surface area contributed by atoms with Gasteiger partial charge < -0.3 is 8.85 Å². The lowest BCUT2D eigenvalue weighted by atomic mass is 9.82. The van der Waals surface area contributed by atoms with E-state index in [1.165, 1.54) is 6.92 Å². The van der Waals surface area contributed by atoms with Gasteiger partial charge in [-0.15, -0.1) is 0 Å². The molecule has 1 unspecified atom stereocenters. The molecule has 0 saturated heterocycles. The van der Waals surface area contributed by atoms with Gasteiger partial charge in [-0.3, -0.25) is 4.79 Å². The number of alkyl halides is 4. The Morgan fingerprint density at radius 3 is 1.50 bits per heavy atom. The summed E-state index contributed by atoms with van der Waals surface area (Å²) in [6, 6.07) is 0. The summed E-state index contributed by atoms with van der Waals surface area (Å²) in [5.74, 6) is -8.64. The Morgan fingerprint density at radius 1 is 0.833 bits per heavy atom. The maximum absolute atomic E-state index is 15.4. The number of hydrogen-bond donors (Lipinski definition) is 0. The lowest BCUT2D eigenvalue weighted by Crippen LogP contribution is -2.59. The predicted molar refractivity (Wildman–Crippen MR) is 120 cm³/mol. The highest BCUT2D eigenvalue weighted by atomic mass is 28.4. The molecule has 0 rings (SSSR count). The van der Waals surface area contributed by atoms with Gasteiger partial charge in [0.25, 0.3) is 5.92 Å². The van der Waals surface area contributed by atoms with Crippen LogP contribution in [0, 0.1) is 0 Å². The van der Waals surface area contributed by atoms with Gasteiger partial charge in [0.05, 0.1) is 0 Å². The van der Waals surface area contributed by atoms with E-state index in [4.69, 9.17) is 8.85 Å². The zero-order chi connectivity index (χ0) is 24.2. The van der Waals surface area contributed by atoms with E-state index in [-0.39, 0.29) is 19.3 Å². The number of carbonyl (C=O) groups excluding carboxylic acids is 1. The molecular formula is C21H40F4O3Si2. The third-order valence-electron chi connectivity index (χ3n) is 5.26. The monoisotopic (exact) mass is 472 g/mol. The Hall–Kier alpha value is -0.516. The summed E-state index contributed by atoms with van der Waals surface area (Å²) < 4.78 is 72.0. The predicted octanol–water partition coefficient (Wildman–Crippen LogP) is 7.20. The van der Waals surface area contributed by atoms with Crippen LogP contribution in [0.5, 0.6) is 0 Å². The highest BCUT2D eigenvalue weighted by molar-refractivity contribution is 6.70. The van der Waals surface area contributed by atoms with Crippen molar-refractivity contribution in [3.05, 3.63) is 12.7 Å². The molecule has 3 nitrogen and oxygen atoms in total. The van der Waals surface area contributed by atoms with Crippen molar-refractivity contribution in [2.75, 3.05) is 0 Å². The van der Waals surface area contributed by atoms with E-state index >= 15 is 8.78 Å². The minimum Gasteiger partial charge on any atom is -0.406 e. The molecule has 0 N–H and O–H groups in total. The zero-order valence-electron chi connectivity index (χ0n) is 20.1. The average molecular weight is 473 g/mol. The Kier molecular flexibility index (Phi) is 9.79. The standard InChI is InChI=1S/C21H40F4O3Si2/c1-11-18(12-2,27-29(5,6)7)21(24,25)17(26)15-16-19(13-3,20(22,23)14-4)28-30(8,9)10/h14H,4,11-13,15-16H2,1-3,5-10H3. The van der Waals surface area contributed by atoms with Crippen molar-refractivity contribution in [3.63, 3.8) is 0 Å². The lowest BCUT2D eigenvalue weighted by molar-refractivity contribution is -0.190. The van der Waals surface area contributed by atoms with Crippen molar-refractivity contribution < 1.29 is 31.2 Å². The van der Waals surface area contributed by atoms with E-state index < -0.39 is 58.3 Å². The summed E-state index contributed by atoms with van der Waals surface area (Å²) in [7, 11) is -4.89. The number of carbonyl (C=O) groups is 1. The van der Waals surface area contributed by atoms with Gasteiger partial charge in [-0.2, -0.15) is 17.6 Å². The molecule has 0 aliphatic rings. The zero-order valence-corrected chi connectivity index (χ0v) is 22.1. The van der Waals surface area contributed by atoms with Gasteiger partial charge in [0.1, 0.15) is 11.2 Å². The van der Waals surface area contributed by atoms with Crippen LogP contribution in [0.3, 0.4) is 0 Å². The molecule has 0 aromatic heterocycles. The largest absolute Gasteiger partial charge is 0.406 e. The van der Waals surface area contributed by atoms with Gasteiger partial charge >= 0.3 is 5.92 Å². The molecule has 0 spiro atoms. The first kappa shape index (κ1) is 29.5. The second-order valence-corrected chi connectivity index (χ2v) is 18.7. The van der Waals surface area contributed by atoms with Crippen molar-refractivity contribution >= 4 is 22.4 Å². The second-order valence-electron chi connectivity index (χ2n) is 9.80. The fourth-order valence-electron chi connectivity index (χ4n) is 3.76. The maximum atomic E-state index is 15.4. The van der Waals surface area contributed by atoms with Crippen LogP contribution in [0.1, 0.15) is 52.9 Å². The van der Waals surface area contributed by atoms with Crippen molar-refractivity contribution in [1.82, 2.24) is 0 Å². The molecule has 0 aromatic rings. The quantitative estimate of drug-likeness (QED) is 0.152. The minimum atomic E-state index is -3.79. The molecule has 0 fully saturated rings. The molecule has 0 radical (unpaired) electrons. The molecule has 30 heavy (non-hydrogen) atoms. The van der Waals surface area contributed by atoms with Gasteiger partial charge in [0.15, 0.2) is 16.6 Å². The van der Waals surface area contributed by atoms with Crippen molar-refractivity contribution in [2.24, 2.45) is 0 Å². The molecule has 0 aliphatic heterocycles. The molecule has 0 saturated carbocycles. The summed E-state index contributed by atoms with van der Waals surface area (Å²) >= 11 is 0. The summed E-state index contributed by atoms with van der Waals surface area (Å²) in [6.45, 7) is 18.4. The number of Topliss-reactive ketones (excluding diaryl/α,β-unsaturated/α-hetero) is 1. The molecule has 0 bridgehead atoms. The van der Waals surface area contributed by atoms with Gasteiger partial charge in [-0.25, -0.2) is 0 Å². The molecule has 9 heteroatoms. The van der Waals surface area contributed by atoms with Crippen LogP contribution in [-0.2, 0) is 13.6 Å². The Labute approximate surface area is 181 Å². The lowest BCUT2D eigenvalue weighted by Gasteiger charge is -2.44. The first-order valence-electron chi connectivity index (χ1n) is 10.6. The Morgan fingerprint density at radius 2 is 1.20 bits per heavy atom. The van der Waals surface area contributed by atoms with E-state index in [2.05, 4.69) is 6.58 Å². The van der Waals surface area contributed by atoms with Gasteiger partial charge in [0.2, 0.25) is 5.78 Å². The van der Waals surface area contributed by atoms with Crippen LogP contribution in [0.15, 0.2) is 12.7 Å². The maximum Gasteiger partial charge on any atom is 0.332 e. The topological polar surface area (TPSA) is 35.5 Å². The van der Waals surface area contributed by atoms with E-state index in [1.54, 1.807) is 53.1 Å². The van der Waals surface area contributed by atoms with Gasteiger partial charge in [-0.1, -0.05) is 27.4 Å². The molecular weight excluding hydrogens is 432 g/mol. The Balaban J connectivity index is 5.99. The number of halogens is 4.